The van der Waals surface area contributed by atoms with Crippen molar-refractivity contribution in [3.8, 4) is 22.1 Å². The van der Waals surface area contributed by atoms with E-state index in [0.29, 0.717) is 4.88 Å². The molecule has 0 spiro atoms. The average Bonchev–Trinajstić information content (AvgIpc) is 3.38. The monoisotopic (exact) mass is 418 g/mol. The molecule has 5 rings (SSSR count). The summed E-state index contributed by atoms with van der Waals surface area (Å²) < 4.78 is 11.0. The van der Waals surface area contributed by atoms with Crippen LogP contribution in [0.5, 0.6) is 11.5 Å². The number of carbonyl (C=O) groups is 1. The van der Waals surface area contributed by atoms with Crippen molar-refractivity contribution in [2.24, 2.45) is 0 Å². The third-order valence-corrected chi connectivity index (χ3v) is 6.72. The highest BCUT2D eigenvalue weighted by Gasteiger charge is 2.23. The molecule has 5 nitrogen and oxygen atoms in total. The zero-order valence-electron chi connectivity index (χ0n) is 17.0. The van der Waals surface area contributed by atoms with Gasteiger partial charge in [-0.25, -0.2) is 4.98 Å². The van der Waals surface area contributed by atoms with Gasteiger partial charge in [0.25, 0.3) is 0 Å². The van der Waals surface area contributed by atoms with E-state index in [9.17, 15) is 4.79 Å². The van der Waals surface area contributed by atoms with Gasteiger partial charge in [-0.3, -0.25) is 4.79 Å². The molecule has 152 valence electrons. The van der Waals surface area contributed by atoms with Gasteiger partial charge in [-0.15, -0.1) is 11.3 Å². The predicted molar refractivity (Wildman–Crippen MR) is 118 cm³/mol. The van der Waals surface area contributed by atoms with Crippen LogP contribution < -0.4 is 14.8 Å². The van der Waals surface area contributed by atoms with Crippen LogP contribution in [-0.4, -0.2) is 24.1 Å². The fraction of sp³-hybridized carbons (Fsp3) is 0.250. The van der Waals surface area contributed by atoms with Gasteiger partial charge >= 0.3 is 0 Å². The number of ketones is 1. The van der Waals surface area contributed by atoms with Gasteiger partial charge in [-0.1, -0.05) is 31.2 Å². The van der Waals surface area contributed by atoms with Crippen LogP contribution in [-0.2, 0) is 12.8 Å². The van der Waals surface area contributed by atoms with Crippen molar-refractivity contribution >= 4 is 22.8 Å². The summed E-state index contributed by atoms with van der Waals surface area (Å²) in [4.78, 5) is 18.4. The number of rotatable bonds is 4. The molecule has 30 heavy (non-hydrogen) atoms. The third kappa shape index (κ3) is 3.37. The molecular formula is C24H22N2O3S. The molecule has 2 aliphatic heterocycles. The molecule has 0 bridgehead atoms. The van der Waals surface area contributed by atoms with Crippen molar-refractivity contribution in [3.05, 3.63) is 69.7 Å². The number of nitrogens with one attached hydrogen (secondary N) is 1. The quantitative estimate of drug-likeness (QED) is 0.488. The Morgan fingerprint density at radius 3 is 2.73 bits per heavy atom. The summed E-state index contributed by atoms with van der Waals surface area (Å²) in [6.45, 7) is 5.05. The summed E-state index contributed by atoms with van der Waals surface area (Å²) in [6.07, 6.45) is 3.57. The maximum absolute atomic E-state index is 13.1. The first kappa shape index (κ1) is 18.9. The highest BCUT2D eigenvalue weighted by molar-refractivity contribution is 7.17. The number of aromatic nitrogens is 1. The first-order chi connectivity index (χ1) is 14.6. The maximum Gasteiger partial charge on any atom is 0.231 e. The second-order valence-corrected chi connectivity index (χ2v) is 8.44. The number of aryl methyl sites for hydroxylation is 2. The van der Waals surface area contributed by atoms with Gasteiger partial charge in [0.15, 0.2) is 17.3 Å². The van der Waals surface area contributed by atoms with E-state index in [4.69, 9.17) is 9.47 Å². The molecule has 0 radical (unpaired) electrons. The number of thiazole rings is 1. The first-order valence-electron chi connectivity index (χ1n) is 10.1. The number of carbonyl (C=O) groups excluding carboxylic acids is 1. The zero-order chi connectivity index (χ0) is 20.7. The highest BCUT2D eigenvalue weighted by Crippen LogP contribution is 2.38. The number of fused-ring (bicyclic) bond motifs is 2. The number of hydrogen-bond donors (Lipinski definition) is 1. The molecule has 6 heteroatoms. The van der Waals surface area contributed by atoms with Crippen LogP contribution >= 0.6 is 11.3 Å². The van der Waals surface area contributed by atoms with E-state index in [1.54, 1.807) is 6.08 Å². The number of nitrogens with zero attached hydrogens (tertiary/aromatic N) is 1. The summed E-state index contributed by atoms with van der Waals surface area (Å²) in [7, 11) is 0. The van der Waals surface area contributed by atoms with E-state index < -0.39 is 0 Å². The van der Waals surface area contributed by atoms with E-state index in [1.807, 2.05) is 19.1 Å². The smallest absolute Gasteiger partial charge is 0.231 e. The normalized spacial score (nSPS) is 15.7. The molecule has 3 aromatic rings. The van der Waals surface area contributed by atoms with Gasteiger partial charge in [-0.05, 0) is 43.0 Å². The van der Waals surface area contributed by atoms with E-state index >= 15 is 0 Å². The van der Waals surface area contributed by atoms with Crippen LogP contribution in [0.25, 0.3) is 16.3 Å². The summed E-state index contributed by atoms with van der Waals surface area (Å²) in [5, 5.41) is 4.24. The number of hydrogen-bond acceptors (Lipinski definition) is 6. The summed E-state index contributed by atoms with van der Waals surface area (Å²) in [5.74, 6) is 1.47. The lowest BCUT2D eigenvalue weighted by Crippen LogP contribution is -2.23. The molecule has 0 atom stereocenters. The lowest BCUT2D eigenvalue weighted by atomic mass is 9.96. The fourth-order valence-corrected chi connectivity index (χ4v) is 4.81. The topological polar surface area (TPSA) is 60.5 Å². The Labute approximate surface area is 179 Å². The van der Waals surface area contributed by atoms with Crippen LogP contribution in [0.4, 0.5) is 0 Å². The molecular weight excluding hydrogens is 396 g/mol. The fourth-order valence-electron chi connectivity index (χ4n) is 3.83. The Kier molecular flexibility index (Phi) is 4.79. The van der Waals surface area contributed by atoms with E-state index in [2.05, 4.69) is 41.5 Å². The van der Waals surface area contributed by atoms with Crippen LogP contribution in [0.2, 0.25) is 0 Å². The molecule has 3 heterocycles. The Morgan fingerprint density at radius 2 is 1.97 bits per heavy atom. The standard InChI is InChI=1S/C24H22N2O3S/c1-3-15-4-6-16(7-5-15)24-26-14(2)23(30-24)20(27)12-19-18-11-22-21(28-13-29-22)10-17(18)8-9-25-19/h4-7,10-12,25H,3,8-9,13H2,1-2H3/b19-12-. The minimum Gasteiger partial charge on any atom is -0.454 e. The summed E-state index contributed by atoms with van der Waals surface area (Å²) >= 11 is 1.45. The van der Waals surface area contributed by atoms with E-state index in [1.165, 1.54) is 16.9 Å². The zero-order valence-corrected chi connectivity index (χ0v) is 17.8. The number of allylic oxidation sites excluding steroid dienone is 1. The largest absolute Gasteiger partial charge is 0.454 e. The Bertz CT molecular complexity index is 1160. The van der Waals surface area contributed by atoms with Crippen LogP contribution in [0, 0.1) is 6.92 Å². The summed E-state index contributed by atoms with van der Waals surface area (Å²) in [5.41, 5.74) is 6.07. The van der Waals surface area contributed by atoms with E-state index in [-0.39, 0.29) is 12.6 Å². The van der Waals surface area contributed by atoms with Gasteiger partial charge in [0.1, 0.15) is 5.01 Å². The van der Waals surface area contributed by atoms with Crippen molar-refractivity contribution in [2.75, 3.05) is 13.3 Å². The second kappa shape index (κ2) is 7.61. The molecule has 0 saturated heterocycles. The van der Waals surface area contributed by atoms with Gasteiger partial charge in [-0.2, -0.15) is 0 Å². The molecule has 2 aliphatic rings. The Morgan fingerprint density at radius 1 is 1.20 bits per heavy atom. The Balaban J connectivity index is 1.46. The van der Waals surface area contributed by atoms with Crippen molar-refractivity contribution in [1.29, 1.82) is 0 Å². The predicted octanol–water partition coefficient (Wildman–Crippen LogP) is 4.78. The SMILES string of the molecule is CCc1ccc(-c2nc(C)c(C(=O)/C=C3\NCCc4cc5c(cc43)OCO5)s2)cc1. The van der Waals surface area contributed by atoms with Crippen molar-refractivity contribution in [1.82, 2.24) is 10.3 Å². The second-order valence-electron chi connectivity index (χ2n) is 7.45. The van der Waals surface area contributed by atoms with Crippen LogP contribution in [0.1, 0.15) is 39.0 Å². The molecule has 1 N–H and O–H groups in total. The van der Waals surface area contributed by atoms with Crippen molar-refractivity contribution in [2.45, 2.75) is 26.7 Å². The molecule has 0 amide bonds. The minimum atomic E-state index is -0.0329. The van der Waals surface area contributed by atoms with Crippen molar-refractivity contribution in [3.63, 3.8) is 0 Å². The van der Waals surface area contributed by atoms with Gasteiger partial charge in [0.05, 0.1) is 10.6 Å². The number of benzene rings is 2. The number of ether oxygens (including phenoxy) is 2. The highest BCUT2D eigenvalue weighted by atomic mass is 32.1. The molecule has 0 fully saturated rings. The van der Waals surface area contributed by atoms with Gasteiger partial charge in [0.2, 0.25) is 6.79 Å². The van der Waals surface area contributed by atoms with Gasteiger partial charge in [0, 0.05) is 29.4 Å². The molecule has 1 aromatic heterocycles. The van der Waals surface area contributed by atoms with Gasteiger partial charge < -0.3 is 14.8 Å². The Hall–Kier alpha value is -3.12. The average molecular weight is 419 g/mol. The first-order valence-corrected chi connectivity index (χ1v) is 10.9. The lowest BCUT2D eigenvalue weighted by molar-refractivity contribution is 0.105. The third-order valence-electron chi connectivity index (χ3n) is 5.50. The van der Waals surface area contributed by atoms with Crippen molar-refractivity contribution < 1.29 is 14.3 Å². The molecule has 0 unspecified atom stereocenters. The summed E-state index contributed by atoms with van der Waals surface area (Å²) in [6, 6.07) is 12.4. The van der Waals surface area contributed by atoms with E-state index in [0.717, 1.165) is 64.0 Å². The van der Waals surface area contributed by atoms with Crippen LogP contribution in [0.3, 0.4) is 0 Å². The minimum absolute atomic E-state index is 0.0329. The van der Waals surface area contributed by atoms with Crippen LogP contribution in [0.15, 0.2) is 42.5 Å². The molecule has 0 saturated carbocycles. The molecule has 0 aliphatic carbocycles. The maximum atomic E-state index is 13.1. The lowest BCUT2D eigenvalue weighted by Gasteiger charge is -2.21. The molecule has 2 aromatic carbocycles.